The van der Waals surface area contributed by atoms with Crippen molar-refractivity contribution in [2.75, 3.05) is 13.2 Å². The van der Waals surface area contributed by atoms with E-state index in [1.54, 1.807) is 13.8 Å². The molecule has 0 aliphatic heterocycles. The Morgan fingerprint density at radius 1 is 1.19 bits per heavy atom. The second-order valence-electron chi connectivity index (χ2n) is 3.41. The maximum absolute atomic E-state index is 12.1. The molecule has 0 radical (unpaired) electrons. The van der Waals surface area contributed by atoms with Gasteiger partial charge in [0.05, 0.1) is 18.2 Å². The second-order valence-corrected chi connectivity index (χ2v) is 5.46. The molecular formula is C10H18ClO4P. The molecule has 0 atom stereocenters. The Hall–Kier alpha value is -0.0200. The van der Waals surface area contributed by atoms with E-state index in [0.29, 0.717) is 17.2 Å². The molecule has 0 aromatic rings. The Bertz CT molecular complexity index is 293. The minimum atomic E-state index is -3.47. The minimum absolute atomic E-state index is 0.280. The van der Waals surface area contributed by atoms with Crippen LogP contribution in [0.1, 0.15) is 39.5 Å². The van der Waals surface area contributed by atoms with Gasteiger partial charge in [0.1, 0.15) is 5.76 Å². The summed E-state index contributed by atoms with van der Waals surface area (Å²) in [5.74, 6) is 0.554. The summed E-state index contributed by atoms with van der Waals surface area (Å²) in [6.45, 7) is 4.04. The molecule has 0 spiro atoms. The summed E-state index contributed by atoms with van der Waals surface area (Å²) < 4.78 is 27.5. The van der Waals surface area contributed by atoms with E-state index in [4.69, 9.17) is 25.2 Å². The van der Waals surface area contributed by atoms with Crippen LogP contribution < -0.4 is 0 Å². The Labute approximate surface area is 102 Å². The highest BCUT2D eigenvalue weighted by Crippen LogP contribution is 2.53. The van der Waals surface area contributed by atoms with Crippen molar-refractivity contribution in [3.05, 3.63) is 10.8 Å². The van der Waals surface area contributed by atoms with Gasteiger partial charge in [-0.05, 0) is 33.1 Å². The molecule has 1 rings (SSSR count). The fourth-order valence-electron chi connectivity index (χ4n) is 1.48. The first-order valence-electron chi connectivity index (χ1n) is 5.57. The van der Waals surface area contributed by atoms with Gasteiger partial charge in [0, 0.05) is 6.42 Å². The molecular weight excluding hydrogens is 251 g/mol. The van der Waals surface area contributed by atoms with E-state index in [2.05, 4.69) is 0 Å². The van der Waals surface area contributed by atoms with Crippen molar-refractivity contribution < 1.29 is 18.1 Å². The topological polar surface area (TPSA) is 44.8 Å². The summed E-state index contributed by atoms with van der Waals surface area (Å²) in [7, 11) is -3.47. The molecule has 94 valence electrons. The van der Waals surface area contributed by atoms with Gasteiger partial charge < -0.3 is 4.52 Å². The van der Waals surface area contributed by atoms with Gasteiger partial charge in [-0.3, -0.25) is 9.05 Å². The van der Waals surface area contributed by atoms with E-state index in [9.17, 15) is 4.57 Å². The van der Waals surface area contributed by atoms with Crippen molar-refractivity contribution in [2.24, 2.45) is 0 Å². The zero-order chi connectivity index (χ0) is 12.0. The first-order chi connectivity index (χ1) is 7.61. The van der Waals surface area contributed by atoms with Crippen LogP contribution in [0.25, 0.3) is 0 Å². The zero-order valence-electron chi connectivity index (χ0n) is 9.70. The van der Waals surface area contributed by atoms with Crippen molar-refractivity contribution in [3.63, 3.8) is 0 Å². The highest BCUT2D eigenvalue weighted by molar-refractivity contribution is 7.48. The van der Waals surface area contributed by atoms with Gasteiger partial charge in [-0.2, -0.15) is 0 Å². The lowest BCUT2D eigenvalue weighted by atomic mass is 10.1. The molecule has 0 amide bonds. The highest BCUT2D eigenvalue weighted by Gasteiger charge is 2.30. The van der Waals surface area contributed by atoms with E-state index in [1.807, 2.05) is 0 Å². The van der Waals surface area contributed by atoms with Crippen molar-refractivity contribution in [3.8, 4) is 0 Å². The van der Waals surface area contributed by atoms with Gasteiger partial charge >= 0.3 is 7.82 Å². The van der Waals surface area contributed by atoms with Crippen LogP contribution in [0.3, 0.4) is 0 Å². The molecule has 0 aromatic carbocycles. The van der Waals surface area contributed by atoms with E-state index in [1.165, 1.54) is 0 Å². The molecule has 0 saturated heterocycles. The third kappa shape index (κ3) is 4.10. The third-order valence-electron chi connectivity index (χ3n) is 2.15. The van der Waals surface area contributed by atoms with E-state index in [0.717, 1.165) is 19.3 Å². The van der Waals surface area contributed by atoms with Crippen molar-refractivity contribution in [1.82, 2.24) is 0 Å². The normalized spacial score (nSPS) is 17.7. The molecule has 0 aromatic heterocycles. The lowest BCUT2D eigenvalue weighted by Gasteiger charge is -2.22. The van der Waals surface area contributed by atoms with Crippen LogP contribution in [0.2, 0.25) is 0 Å². The minimum Gasteiger partial charge on any atom is -0.407 e. The number of hydrogen-bond acceptors (Lipinski definition) is 4. The molecule has 0 bridgehead atoms. The lowest BCUT2D eigenvalue weighted by molar-refractivity contribution is 0.141. The van der Waals surface area contributed by atoms with Crippen molar-refractivity contribution in [1.29, 1.82) is 0 Å². The maximum Gasteiger partial charge on any atom is 0.529 e. The molecule has 6 heteroatoms. The highest BCUT2D eigenvalue weighted by atomic mass is 35.5. The summed E-state index contributed by atoms with van der Waals surface area (Å²) in [4.78, 5) is 0. The van der Waals surface area contributed by atoms with Gasteiger partial charge in [-0.1, -0.05) is 11.6 Å². The van der Waals surface area contributed by atoms with Crippen molar-refractivity contribution >= 4 is 19.4 Å². The van der Waals surface area contributed by atoms with Crippen LogP contribution in [0.4, 0.5) is 0 Å². The van der Waals surface area contributed by atoms with E-state index in [-0.39, 0.29) is 13.2 Å². The monoisotopic (exact) mass is 268 g/mol. The maximum atomic E-state index is 12.1. The SMILES string of the molecule is CCOP(=O)(OCC)OC1=C(Cl)CCCC1. The molecule has 0 unspecified atom stereocenters. The number of rotatable bonds is 6. The third-order valence-corrected chi connectivity index (χ3v) is 4.14. The first kappa shape index (κ1) is 14.0. The standard InChI is InChI=1S/C10H18ClO4P/c1-3-13-16(12,14-4-2)15-10-8-6-5-7-9(10)11/h3-8H2,1-2H3. The molecule has 1 aliphatic carbocycles. The second kappa shape index (κ2) is 6.65. The van der Waals surface area contributed by atoms with Crippen LogP contribution in [0.5, 0.6) is 0 Å². The molecule has 4 nitrogen and oxygen atoms in total. The van der Waals surface area contributed by atoms with Gasteiger partial charge in [0.15, 0.2) is 0 Å². The van der Waals surface area contributed by atoms with Gasteiger partial charge in [0.25, 0.3) is 0 Å². The summed E-state index contributed by atoms with van der Waals surface area (Å²) in [5, 5.41) is 0.630. The summed E-state index contributed by atoms with van der Waals surface area (Å²) in [6.07, 6.45) is 3.50. The quantitative estimate of drug-likeness (QED) is 0.677. The Morgan fingerprint density at radius 3 is 2.25 bits per heavy atom. The average molecular weight is 269 g/mol. The van der Waals surface area contributed by atoms with Gasteiger partial charge in [-0.15, -0.1) is 0 Å². The number of halogens is 1. The van der Waals surface area contributed by atoms with Gasteiger partial charge in [-0.25, -0.2) is 4.57 Å². The fourth-order valence-corrected chi connectivity index (χ4v) is 3.08. The number of allylic oxidation sites excluding steroid dienone is 2. The van der Waals surface area contributed by atoms with Crippen LogP contribution >= 0.6 is 19.4 Å². The Morgan fingerprint density at radius 2 is 1.75 bits per heavy atom. The van der Waals surface area contributed by atoms with Crippen LogP contribution in [0.15, 0.2) is 10.8 Å². The number of phosphoric ester groups is 1. The average Bonchev–Trinajstić information content (AvgIpc) is 2.22. The molecule has 16 heavy (non-hydrogen) atoms. The van der Waals surface area contributed by atoms with Crippen LogP contribution in [-0.2, 0) is 18.1 Å². The summed E-state index contributed by atoms with van der Waals surface area (Å²) in [5.41, 5.74) is 0. The summed E-state index contributed by atoms with van der Waals surface area (Å²) >= 11 is 6.01. The van der Waals surface area contributed by atoms with Crippen LogP contribution in [-0.4, -0.2) is 13.2 Å². The Balaban J connectivity index is 2.70. The lowest BCUT2D eigenvalue weighted by Crippen LogP contribution is -2.04. The molecule has 1 aliphatic rings. The number of phosphoric acid groups is 1. The molecule has 0 saturated carbocycles. The van der Waals surface area contributed by atoms with Gasteiger partial charge in [0.2, 0.25) is 0 Å². The zero-order valence-corrected chi connectivity index (χ0v) is 11.4. The largest absolute Gasteiger partial charge is 0.529 e. The smallest absolute Gasteiger partial charge is 0.407 e. The number of hydrogen-bond donors (Lipinski definition) is 0. The Kier molecular flexibility index (Phi) is 5.84. The van der Waals surface area contributed by atoms with Crippen LogP contribution in [0, 0.1) is 0 Å². The molecule has 0 fully saturated rings. The van der Waals surface area contributed by atoms with E-state index >= 15 is 0 Å². The predicted octanol–water partition coefficient (Wildman–Crippen LogP) is 4.21. The fraction of sp³-hybridized carbons (Fsp3) is 0.800. The molecule has 0 heterocycles. The summed E-state index contributed by atoms with van der Waals surface area (Å²) in [6, 6.07) is 0. The first-order valence-corrected chi connectivity index (χ1v) is 7.41. The molecule has 0 N–H and O–H groups in total. The van der Waals surface area contributed by atoms with Crippen molar-refractivity contribution in [2.45, 2.75) is 39.5 Å². The van der Waals surface area contributed by atoms with E-state index < -0.39 is 7.82 Å². The predicted molar refractivity (Wildman–Crippen MR) is 63.3 cm³/mol.